The van der Waals surface area contributed by atoms with Gasteiger partial charge in [0.15, 0.2) is 24.9 Å². The summed E-state index contributed by atoms with van der Waals surface area (Å²) in [5.74, 6) is 5.12. The molecule has 2 aromatic carbocycles. The number of carbonyl (C=O) groups excluding carboxylic acids is 2. The van der Waals surface area contributed by atoms with Crippen molar-refractivity contribution in [1.82, 2.24) is 28.9 Å². The molecule has 0 radical (unpaired) electrons. The Morgan fingerprint density at radius 3 is 1.26 bits per heavy atom. The van der Waals surface area contributed by atoms with E-state index in [-0.39, 0.29) is 85.1 Å². The Kier molecular flexibility index (Phi) is 40.0. The molecule has 130 heavy (non-hydrogen) atoms. The molecule has 0 amide bonds. The lowest BCUT2D eigenvalue weighted by atomic mass is 9.98. The van der Waals surface area contributed by atoms with E-state index in [0.717, 1.165) is 53.3 Å². The molecule has 33 nitrogen and oxygen atoms in total. The molecule has 0 saturated carbocycles. The number of anilines is 2. The first kappa shape index (κ1) is 109. The van der Waals surface area contributed by atoms with Crippen LogP contribution in [-0.4, -0.2) is 325 Å². The van der Waals surface area contributed by atoms with Crippen LogP contribution in [0.1, 0.15) is 130 Å². The van der Waals surface area contributed by atoms with Gasteiger partial charge in [-0.1, -0.05) is 129 Å². The Balaban J connectivity index is 0.000000247. The Hall–Kier alpha value is -8.05. The largest absolute Gasteiger partial charge is 0.516 e. The van der Waals surface area contributed by atoms with Gasteiger partial charge >= 0.3 is 18.1 Å². The van der Waals surface area contributed by atoms with E-state index < -0.39 is 150 Å². The Morgan fingerprint density at radius 2 is 0.885 bits per heavy atom. The first-order valence-electron chi connectivity index (χ1n) is 43.7. The van der Waals surface area contributed by atoms with Gasteiger partial charge in [-0.05, 0) is 169 Å². The topological polar surface area (TPSA) is 505 Å². The maximum absolute atomic E-state index is 12.6. The molecule has 11 rings (SSSR count). The standard InChI is InChI=1S/C36H47N4O7P.C21H37N4O5P.C18H28N3O3P.C17H30N3O4P.CH4/c1-22(34(43)47-36(44)45-20-28-26-15-8-6-13-24(26)25-14-7-9-16-27(25)28)12-10-11-18-38-35-39-29(37)17-19-40(35)33-31(42)30(41)32(46-33)23(2)21-48(3,4)5;1-13(20(28)29)8-6-7-10-23-21-24-15(22)9-11-25(21)19-17(27)16(26)18(30-19)14(2)12-31(3,4)5;1-7-8-13-9-21(12(3)20-17(13)19)18-15(23)14(22)16(24-18)11(2)10-25(4,5)6;1-10(9-25(3,4)5)15-13(22)14(23)17(24-15)20-8-12(6-7-21)16(18)19-11(20)2;/h6-9,13-17,19,22-23,28,30-33,41-42H,3,10-12,18,20-21H2,1-2,4-5H3,(H2,37,38,39);9,11,13-14,16-19,26-27H,3,6-8,10,12H2,1-2,4-5H3,(H,28,29)(H2,22,23,24);9,11,14-16,18,22-23H,3-4,10H2,1-2,5-6H3,(H2,19,20);8,10,13-15,17,21-23H,2-3,6-7,9H2,1,4-5H3,(H2,18,19);1H4/t22?,23?,30-,31+,32+,33+;13?,14?,16-,17+,18+,19+;11?,14-,15+,16+,18+;10?,13-,14+,15+,17+;/m0000./s1. The number of aliphatic carboxylic acids is 1. The summed E-state index contributed by atoms with van der Waals surface area (Å²) >= 11 is 0. The molecule has 6 unspecified atom stereocenters. The van der Waals surface area contributed by atoms with E-state index in [4.69, 9.17) is 61.6 Å². The van der Waals surface area contributed by atoms with Gasteiger partial charge in [0, 0.05) is 62.4 Å². The zero-order chi connectivity index (χ0) is 95.8. The van der Waals surface area contributed by atoms with Crippen LogP contribution in [0.25, 0.3) is 11.1 Å². The monoisotopic (exact) mass is 1890 g/mol. The minimum absolute atomic E-state index is 0. The molecular formula is C93H146N14O19P4. The quantitative estimate of drug-likeness (QED) is 0.00739. The van der Waals surface area contributed by atoms with E-state index in [9.17, 15) is 55.2 Å². The number of aliphatic hydroxyl groups excluding tert-OH is 9. The van der Waals surface area contributed by atoms with Crippen molar-refractivity contribution in [3.05, 3.63) is 144 Å². The molecule has 7 aliphatic rings. The summed E-state index contributed by atoms with van der Waals surface area (Å²) in [6.07, 6.45) is 16.1. The van der Waals surface area contributed by atoms with Crippen molar-refractivity contribution in [2.75, 3.05) is 116 Å². The van der Waals surface area contributed by atoms with Crippen molar-refractivity contribution in [2.24, 2.45) is 66.9 Å². The SMILES string of the molecule is C.C=C1N=C(N)C(C#CC)=CN1[C@@H]1O[C@H](C(C)CP(=C)(C)C)[C@@H](O)[C@H]1O.C=C1N=C(N)C(CCO)=CN1[C@@H]1O[C@H](C(C)CP(=C)(C)C)[C@@H](O)[C@H]1O.C=P(C)(C)CC(C)[C@H]1O[C@@H](n2ccc(N)nc2=NCCCCC(C)C(=O)O)[C@H](O)[C@@H]1O.C=P(C)(C)CC(C)[C@H]1O[C@@H](n2ccc(N)nc2=NCCCCC(C)C(=O)OC(=O)OCC2c3ccccc3-c3ccccc32)[C@H](O)[C@@H]1O. The lowest BCUT2D eigenvalue weighted by Crippen LogP contribution is -2.42. The number of unbranched alkanes of at least 4 members (excludes halogenated alkanes) is 2. The van der Waals surface area contributed by atoms with Gasteiger partial charge in [0.1, 0.15) is 90.4 Å². The van der Waals surface area contributed by atoms with Crippen LogP contribution in [0.3, 0.4) is 0 Å². The molecule has 8 heterocycles. The zero-order valence-corrected chi connectivity index (χ0v) is 81.0. The lowest BCUT2D eigenvalue weighted by Gasteiger charge is -2.32. The predicted molar refractivity (Wildman–Crippen MR) is 525 cm³/mol. The molecule has 22 atom stereocenters. The minimum Gasteiger partial charge on any atom is -0.481 e. The number of rotatable bonds is 32. The second kappa shape index (κ2) is 47.7. The number of carboxylic acid groups (broad SMARTS) is 1. The van der Waals surface area contributed by atoms with Gasteiger partial charge < -0.3 is 112 Å². The van der Waals surface area contributed by atoms with Crippen molar-refractivity contribution in [2.45, 2.75) is 205 Å². The van der Waals surface area contributed by atoms with E-state index in [0.29, 0.717) is 80.0 Å². The third-order valence-electron chi connectivity index (χ3n) is 23.1. The molecule has 0 spiro atoms. The summed E-state index contributed by atoms with van der Waals surface area (Å²) in [7, 11) is 0. The highest BCUT2D eigenvalue weighted by atomic mass is 31.2. The number of hydrogen-bond acceptors (Lipinski definition) is 30. The number of nitrogens with two attached hydrogens (primary N) is 4. The highest BCUT2D eigenvalue weighted by Gasteiger charge is 2.52. The maximum atomic E-state index is 12.6. The fourth-order valence-corrected chi connectivity index (χ4v) is 24.3. The van der Waals surface area contributed by atoms with E-state index >= 15 is 0 Å². The Labute approximate surface area is 767 Å². The molecule has 0 bridgehead atoms. The van der Waals surface area contributed by atoms with Gasteiger partial charge in [0.2, 0.25) is 11.2 Å². The number of carboxylic acids is 1. The Morgan fingerprint density at radius 1 is 0.523 bits per heavy atom. The number of nitrogen functional groups attached to an aromatic ring is 2. The van der Waals surface area contributed by atoms with Crippen LogP contribution in [0.15, 0.2) is 141 Å². The van der Waals surface area contributed by atoms with E-state index in [1.165, 1.54) is 0 Å². The van der Waals surface area contributed by atoms with Crippen LogP contribution in [-0.2, 0) is 38.0 Å². The highest BCUT2D eigenvalue weighted by molar-refractivity contribution is 7.73. The normalized spacial score (nSPS) is 26.6. The second-order valence-electron chi connectivity index (χ2n) is 37.7. The van der Waals surface area contributed by atoms with E-state index in [2.05, 4.69) is 146 Å². The number of esters is 1. The second-order valence-corrected chi connectivity index (χ2v) is 54.6. The lowest BCUT2D eigenvalue weighted by molar-refractivity contribution is -0.144. The molecule has 4 saturated heterocycles. The Bertz CT molecular complexity index is 5090. The van der Waals surface area contributed by atoms with Gasteiger partial charge in [-0.25, -0.2) is 14.8 Å². The van der Waals surface area contributed by atoms with Crippen LogP contribution < -0.4 is 34.2 Å². The number of ether oxygens (including phenoxy) is 6. The third-order valence-corrected chi connectivity index (χ3v) is 29.4. The van der Waals surface area contributed by atoms with Gasteiger partial charge in [-0.15, -0.1) is 58.7 Å². The number of benzene rings is 2. The summed E-state index contributed by atoms with van der Waals surface area (Å²) in [6.45, 7) is 33.4. The average Bonchev–Trinajstić information content (AvgIpc) is 1.63. The molecule has 722 valence electrons. The van der Waals surface area contributed by atoms with Crippen LogP contribution in [0.2, 0.25) is 0 Å². The summed E-state index contributed by atoms with van der Waals surface area (Å²) in [4.78, 5) is 65.2. The minimum atomic E-state index is -1.38. The van der Waals surface area contributed by atoms with Crippen LogP contribution >= 0.6 is 27.5 Å². The van der Waals surface area contributed by atoms with Crippen LogP contribution in [0.4, 0.5) is 16.4 Å². The number of aromatic nitrogens is 4. The van der Waals surface area contributed by atoms with E-state index in [1.54, 1.807) is 76.6 Å². The third kappa shape index (κ3) is 29.7. The van der Waals surface area contributed by atoms with Crippen molar-refractivity contribution < 1.29 is 93.9 Å². The summed E-state index contributed by atoms with van der Waals surface area (Å²) in [5, 5.41) is 103. The first-order valence-corrected chi connectivity index (χ1v) is 55.9. The summed E-state index contributed by atoms with van der Waals surface area (Å²) in [6, 6.07) is 19.2. The number of amidine groups is 2. The van der Waals surface area contributed by atoms with Crippen molar-refractivity contribution >= 4 is 94.1 Å². The van der Waals surface area contributed by atoms with Crippen molar-refractivity contribution in [3.8, 4) is 23.0 Å². The molecular weight excluding hydrogens is 1740 g/mol. The summed E-state index contributed by atoms with van der Waals surface area (Å²) < 4.78 is 37.9. The van der Waals surface area contributed by atoms with Crippen LogP contribution in [0.5, 0.6) is 0 Å². The maximum Gasteiger partial charge on any atom is 0.516 e. The van der Waals surface area contributed by atoms with Crippen molar-refractivity contribution in [1.29, 1.82) is 0 Å². The molecule has 6 aliphatic heterocycles. The van der Waals surface area contributed by atoms with Crippen molar-refractivity contribution in [3.63, 3.8) is 0 Å². The van der Waals surface area contributed by atoms with Gasteiger partial charge in [0.25, 0.3) is 0 Å². The molecule has 2 aromatic heterocycles. The first-order chi connectivity index (χ1) is 60.3. The number of hydrogen-bond donors (Lipinski definition) is 14. The number of fused-ring (bicyclic) bond motifs is 3. The summed E-state index contributed by atoms with van der Waals surface area (Å²) in [5.41, 5.74) is 29.6. The molecule has 1 aliphatic carbocycles. The predicted octanol–water partition coefficient (Wildman–Crippen LogP) is 7.51. The highest BCUT2D eigenvalue weighted by Crippen LogP contribution is 2.48. The smallest absolute Gasteiger partial charge is 0.481 e. The number of carbonyl (C=O) groups is 3. The fourth-order valence-electron chi connectivity index (χ4n) is 17.2. The number of aliphatic hydroxyl groups is 9. The van der Waals surface area contributed by atoms with Gasteiger partial charge in [-0.3, -0.25) is 28.7 Å². The fraction of sp³-hybridized carbons (Fsp3) is 0.581. The van der Waals surface area contributed by atoms with Gasteiger partial charge in [0.05, 0.1) is 41.8 Å². The molecule has 4 fully saturated rings. The molecule has 37 heteroatoms. The average molecular weight is 1890 g/mol. The number of aliphatic imine (C=N–C) groups is 2. The number of nitrogens with zero attached hydrogens (tertiary/aromatic N) is 10. The van der Waals surface area contributed by atoms with Gasteiger partial charge in [-0.2, -0.15) is 9.97 Å². The van der Waals surface area contributed by atoms with Crippen LogP contribution in [0, 0.1) is 47.3 Å². The zero-order valence-electron chi connectivity index (χ0n) is 77.4. The molecule has 4 aromatic rings. The molecule has 18 N–H and O–H groups in total. The van der Waals surface area contributed by atoms with E-state index in [1.807, 2.05) is 64.1 Å².